The third-order valence-electron chi connectivity index (χ3n) is 3.89. The first-order chi connectivity index (χ1) is 10.6. The fourth-order valence-electron chi connectivity index (χ4n) is 2.85. The van der Waals surface area contributed by atoms with E-state index in [-0.39, 0.29) is 6.42 Å². The summed E-state index contributed by atoms with van der Waals surface area (Å²) >= 11 is 3.48. The molecule has 0 aliphatic heterocycles. The molecule has 3 rings (SSSR count). The molecule has 22 heavy (non-hydrogen) atoms. The predicted octanol–water partition coefficient (Wildman–Crippen LogP) is 5.25. The Labute approximate surface area is 137 Å². The second kappa shape index (κ2) is 5.93. The molecule has 0 saturated heterocycles. The number of fused-ring (bicyclic) bond motifs is 1. The fraction of sp³-hybridized carbons (Fsp3) is 0.105. The quantitative estimate of drug-likeness (QED) is 0.816. The molecule has 3 heteroatoms. The first-order valence-electron chi connectivity index (χ1n) is 7.05. The molecule has 0 amide bonds. The third-order valence-corrected chi connectivity index (χ3v) is 4.39. The van der Waals surface area contributed by atoms with E-state index in [2.05, 4.69) is 22.0 Å². The molecule has 0 aromatic heterocycles. The smallest absolute Gasteiger partial charge is 0.307 e. The summed E-state index contributed by atoms with van der Waals surface area (Å²) in [5, 5.41) is 9.20. The zero-order valence-electron chi connectivity index (χ0n) is 12.1. The lowest BCUT2D eigenvalue weighted by atomic mass is 10.0. The van der Waals surface area contributed by atoms with Crippen LogP contribution in [0.1, 0.15) is 30.0 Å². The summed E-state index contributed by atoms with van der Waals surface area (Å²) in [5.41, 5.74) is 6.26. The number of carboxylic acid groups (broad SMARTS) is 1. The summed E-state index contributed by atoms with van der Waals surface area (Å²) in [5.74, 6) is -0.804. The number of carbonyl (C=O) groups is 1. The highest BCUT2D eigenvalue weighted by Crippen LogP contribution is 2.44. The van der Waals surface area contributed by atoms with Gasteiger partial charge in [-0.15, -0.1) is 0 Å². The highest BCUT2D eigenvalue weighted by Gasteiger charge is 2.25. The van der Waals surface area contributed by atoms with Crippen molar-refractivity contribution in [3.8, 4) is 0 Å². The van der Waals surface area contributed by atoms with Crippen molar-refractivity contribution in [1.29, 1.82) is 0 Å². The van der Waals surface area contributed by atoms with Crippen molar-refractivity contribution in [3.63, 3.8) is 0 Å². The Morgan fingerprint density at radius 2 is 1.86 bits per heavy atom. The van der Waals surface area contributed by atoms with E-state index in [4.69, 9.17) is 0 Å². The van der Waals surface area contributed by atoms with Crippen LogP contribution in [0.15, 0.2) is 58.6 Å². The Bertz CT molecular complexity index is 801. The van der Waals surface area contributed by atoms with Gasteiger partial charge < -0.3 is 5.11 Å². The lowest BCUT2D eigenvalue weighted by Crippen LogP contribution is -1.96. The molecular weight excluding hydrogens is 340 g/mol. The molecule has 1 N–H and O–H groups in total. The van der Waals surface area contributed by atoms with Crippen molar-refractivity contribution in [1.82, 2.24) is 0 Å². The average molecular weight is 355 g/mol. The van der Waals surface area contributed by atoms with E-state index in [9.17, 15) is 9.90 Å². The summed E-state index contributed by atoms with van der Waals surface area (Å²) in [7, 11) is 0. The monoisotopic (exact) mass is 354 g/mol. The van der Waals surface area contributed by atoms with Gasteiger partial charge in [0.15, 0.2) is 0 Å². The van der Waals surface area contributed by atoms with Crippen molar-refractivity contribution in [3.05, 3.63) is 75.3 Å². The van der Waals surface area contributed by atoms with Crippen molar-refractivity contribution >= 4 is 39.1 Å². The van der Waals surface area contributed by atoms with Crippen LogP contribution in [0.4, 0.5) is 0 Å². The number of aliphatic carboxylic acids is 1. The number of allylic oxidation sites excluding steroid dienone is 2. The molecule has 1 aliphatic rings. The third kappa shape index (κ3) is 2.77. The lowest BCUT2D eigenvalue weighted by molar-refractivity contribution is -0.135. The Kier molecular flexibility index (Phi) is 3.99. The molecule has 2 aromatic rings. The lowest BCUT2D eigenvalue weighted by Gasteiger charge is -2.05. The first kappa shape index (κ1) is 14.8. The maximum Gasteiger partial charge on any atom is 0.307 e. The minimum atomic E-state index is -0.804. The van der Waals surface area contributed by atoms with Gasteiger partial charge in [0.05, 0.1) is 6.42 Å². The number of hydrogen-bond donors (Lipinski definition) is 1. The molecule has 1 aliphatic carbocycles. The minimum absolute atomic E-state index is 0.0431. The van der Waals surface area contributed by atoms with E-state index in [1.54, 1.807) is 0 Å². The van der Waals surface area contributed by atoms with Gasteiger partial charge in [0.2, 0.25) is 0 Å². The van der Waals surface area contributed by atoms with Gasteiger partial charge in [-0.25, -0.2) is 0 Å². The largest absolute Gasteiger partial charge is 0.481 e. The highest BCUT2D eigenvalue weighted by atomic mass is 79.9. The maximum atomic E-state index is 11.2. The van der Waals surface area contributed by atoms with Crippen molar-refractivity contribution < 1.29 is 9.90 Å². The van der Waals surface area contributed by atoms with Crippen LogP contribution in [0.25, 0.3) is 17.2 Å². The normalized spacial score (nSPS) is 15.3. The van der Waals surface area contributed by atoms with Gasteiger partial charge in [0, 0.05) is 4.47 Å². The van der Waals surface area contributed by atoms with Crippen LogP contribution in [0, 0.1) is 0 Å². The Balaban J connectivity index is 2.17. The number of hydrogen-bond acceptors (Lipinski definition) is 1. The zero-order chi connectivity index (χ0) is 15.7. The number of halogens is 1. The van der Waals surface area contributed by atoms with Crippen LogP contribution in [-0.4, -0.2) is 11.1 Å². The molecule has 0 radical (unpaired) electrons. The molecule has 0 fully saturated rings. The number of benzene rings is 2. The first-order valence-corrected chi connectivity index (χ1v) is 7.84. The van der Waals surface area contributed by atoms with E-state index in [0.29, 0.717) is 0 Å². The van der Waals surface area contributed by atoms with Gasteiger partial charge in [-0.1, -0.05) is 52.3 Å². The molecule has 0 bridgehead atoms. The summed E-state index contributed by atoms with van der Waals surface area (Å²) < 4.78 is 0.961. The van der Waals surface area contributed by atoms with E-state index in [1.165, 1.54) is 0 Å². The predicted molar refractivity (Wildman–Crippen MR) is 93.3 cm³/mol. The minimum Gasteiger partial charge on any atom is -0.481 e. The molecule has 2 aromatic carbocycles. The molecule has 110 valence electrons. The zero-order valence-corrected chi connectivity index (χ0v) is 13.7. The van der Waals surface area contributed by atoms with Crippen molar-refractivity contribution in [2.75, 3.05) is 0 Å². The molecule has 0 spiro atoms. The standard InChI is InChI=1S/C19H15BrO2/c1-12-16(9-13-5-3-2-4-6-13)15-8-7-14(20)10-18(15)17(12)11-19(21)22/h2-10H,11H2,1H3,(H,21,22). The molecule has 0 unspecified atom stereocenters. The average Bonchev–Trinajstić information content (AvgIpc) is 2.73. The number of carboxylic acids is 1. The van der Waals surface area contributed by atoms with Gasteiger partial charge in [-0.05, 0) is 58.5 Å². The molecule has 0 heterocycles. The van der Waals surface area contributed by atoms with E-state index < -0.39 is 5.97 Å². The second-order valence-electron chi connectivity index (χ2n) is 5.33. The van der Waals surface area contributed by atoms with E-state index >= 15 is 0 Å². The molecule has 2 nitrogen and oxygen atoms in total. The maximum absolute atomic E-state index is 11.2. The molecular formula is C19H15BrO2. The van der Waals surface area contributed by atoms with Crippen molar-refractivity contribution in [2.45, 2.75) is 13.3 Å². The van der Waals surface area contributed by atoms with Gasteiger partial charge in [-0.2, -0.15) is 0 Å². The highest BCUT2D eigenvalue weighted by molar-refractivity contribution is 9.10. The summed E-state index contributed by atoms with van der Waals surface area (Å²) in [6, 6.07) is 16.1. The van der Waals surface area contributed by atoms with Gasteiger partial charge >= 0.3 is 5.97 Å². The fourth-order valence-corrected chi connectivity index (χ4v) is 3.21. The van der Waals surface area contributed by atoms with Crippen molar-refractivity contribution in [2.24, 2.45) is 0 Å². The summed E-state index contributed by atoms with van der Waals surface area (Å²) in [6.07, 6.45) is 2.17. The van der Waals surface area contributed by atoms with Crippen LogP contribution in [0.5, 0.6) is 0 Å². The Hall–Kier alpha value is -2.13. The van der Waals surface area contributed by atoms with Crippen LogP contribution >= 0.6 is 15.9 Å². The molecule has 0 atom stereocenters. The SMILES string of the molecule is CC1=C(CC(=O)O)c2cc(Br)ccc2C1=Cc1ccccc1. The van der Waals surface area contributed by atoms with E-state index in [1.807, 2.05) is 55.5 Å². The van der Waals surface area contributed by atoms with Gasteiger partial charge in [0.25, 0.3) is 0 Å². The topological polar surface area (TPSA) is 37.3 Å². The Morgan fingerprint density at radius 3 is 2.55 bits per heavy atom. The van der Waals surface area contributed by atoms with Gasteiger partial charge in [-0.3, -0.25) is 4.79 Å². The Morgan fingerprint density at radius 1 is 1.14 bits per heavy atom. The second-order valence-corrected chi connectivity index (χ2v) is 6.25. The van der Waals surface area contributed by atoms with Crippen LogP contribution in [0.2, 0.25) is 0 Å². The number of rotatable bonds is 3. The van der Waals surface area contributed by atoms with Crippen LogP contribution in [0.3, 0.4) is 0 Å². The van der Waals surface area contributed by atoms with Gasteiger partial charge in [0.1, 0.15) is 0 Å². The molecule has 0 saturated carbocycles. The van der Waals surface area contributed by atoms with Crippen LogP contribution < -0.4 is 0 Å². The van der Waals surface area contributed by atoms with Crippen LogP contribution in [-0.2, 0) is 4.79 Å². The van der Waals surface area contributed by atoms with E-state index in [0.717, 1.165) is 37.9 Å². The summed E-state index contributed by atoms with van der Waals surface area (Å²) in [4.78, 5) is 11.2. The summed E-state index contributed by atoms with van der Waals surface area (Å²) in [6.45, 7) is 2.00.